The molecular formula is C18H21ClN6O2. The summed E-state index contributed by atoms with van der Waals surface area (Å²) in [4.78, 5) is 25.2. The zero-order chi connectivity index (χ0) is 19.8. The van der Waals surface area contributed by atoms with Gasteiger partial charge in [0.2, 0.25) is 5.95 Å². The van der Waals surface area contributed by atoms with Crippen LogP contribution in [0, 0.1) is 0 Å². The van der Waals surface area contributed by atoms with Crippen molar-refractivity contribution in [3.05, 3.63) is 35.7 Å². The summed E-state index contributed by atoms with van der Waals surface area (Å²) in [5, 5.41) is 3.56. The Morgan fingerprint density at radius 2 is 2.07 bits per heavy atom. The summed E-state index contributed by atoms with van der Waals surface area (Å²) in [7, 11) is 0. The maximum absolute atomic E-state index is 12.2. The van der Waals surface area contributed by atoms with E-state index in [2.05, 4.69) is 20.3 Å². The summed E-state index contributed by atoms with van der Waals surface area (Å²) < 4.78 is 7.07. The molecule has 9 heteroatoms. The molecule has 2 heterocycles. The predicted octanol–water partition coefficient (Wildman–Crippen LogP) is 3.19. The molecule has 0 spiro atoms. The molecule has 0 fully saturated rings. The lowest BCUT2D eigenvalue weighted by atomic mass is 10.2. The molecule has 142 valence electrons. The SMILES string of the molecule is CC(Nc1nc(-n2cnc3ccc(Cl)cc32)ncc1N)C(=O)OC(C)(C)C. The molecule has 0 aliphatic rings. The summed E-state index contributed by atoms with van der Waals surface area (Å²) in [5.41, 5.74) is 7.23. The molecule has 8 nitrogen and oxygen atoms in total. The monoisotopic (exact) mass is 388 g/mol. The number of halogens is 1. The van der Waals surface area contributed by atoms with E-state index >= 15 is 0 Å². The first kappa shape index (κ1) is 18.9. The third-order valence-corrected chi connectivity index (χ3v) is 3.88. The number of fused-ring (bicyclic) bond motifs is 1. The summed E-state index contributed by atoms with van der Waals surface area (Å²) in [6, 6.07) is 4.72. The molecule has 0 amide bonds. The number of nitrogens with one attached hydrogen (secondary N) is 1. The zero-order valence-corrected chi connectivity index (χ0v) is 16.3. The molecule has 2 aromatic heterocycles. The fourth-order valence-corrected chi connectivity index (χ4v) is 2.57. The average molecular weight is 389 g/mol. The van der Waals surface area contributed by atoms with Gasteiger partial charge in [-0.3, -0.25) is 4.57 Å². The Labute approximate surface area is 161 Å². The Kier molecular flexibility index (Phi) is 4.93. The van der Waals surface area contributed by atoms with E-state index in [-0.39, 0.29) is 0 Å². The highest BCUT2D eigenvalue weighted by atomic mass is 35.5. The smallest absolute Gasteiger partial charge is 0.328 e. The lowest BCUT2D eigenvalue weighted by Crippen LogP contribution is -2.35. The second kappa shape index (κ2) is 7.03. The quantitative estimate of drug-likeness (QED) is 0.660. The number of carbonyl (C=O) groups is 1. The fourth-order valence-electron chi connectivity index (χ4n) is 2.41. The molecule has 0 aliphatic carbocycles. The molecule has 0 radical (unpaired) electrons. The molecule has 3 aromatic rings. The lowest BCUT2D eigenvalue weighted by molar-refractivity contribution is -0.155. The average Bonchev–Trinajstić information content (AvgIpc) is 2.98. The number of aromatic nitrogens is 4. The Hall–Kier alpha value is -2.87. The first-order valence-electron chi connectivity index (χ1n) is 8.39. The van der Waals surface area contributed by atoms with Crippen molar-refractivity contribution < 1.29 is 9.53 Å². The number of nitrogens with two attached hydrogens (primary N) is 1. The molecule has 0 saturated heterocycles. The second-order valence-electron chi connectivity index (χ2n) is 7.12. The number of hydrogen-bond acceptors (Lipinski definition) is 7. The third kappa shape index (κ3) is 4.28. The number of nitrogen functional groups attached to an aromatic ring is 1. The minimum absolute atomic E-state index is 0.316. The molecule has 0 saturated carbocycles. The van der Waals surface area contributed by atoms with Gasteiger partial charge < -0.3 is 15.8 Å². The van der Waals surface area contributed by atoms with Crippen LogP contribution in [0.4, 0.5) is 11.5 Å². The molecule has 3 N–H and O–H groups in total. The molecular weight excluding hydrogens is 368 g/mol. The van der Waals surface area contributed by atoms with Crippen LogP contribution < -0.4 is 11.1 Å². The Balaban J connectivity index is 1.90. The van der Waals surface area contributed by atoms with E-state index in [0.29, 0.717) is 22.5 Å². The number of hydrogen-bond donors (Lipinski definition) is 2. The van der Waals surface area contributed by atoms with Crippen molar-refractivity contribution in [3.8, 4) is 5.95 Å². The highest BCUT2D eigenvalue weighted by molar-refractivity contribution is 6.31. The Morgan fingerprint density at radius 3 is 2.78 bits per heavy atom. The van der Waals surface area contributed by atoms with Crippen molar-refractivity contribution in [2.45, 2.75) is 39.3 Å². The molecule has 1 atom stereocenters. The highest BCUT2D eigenvalue weighted by Crippen LogP contribution is 2.23. The molecule has 3 rings (SSSR count). The number of anilines is 2. The second-order valence-corrected chi connectivity index (χ2v) is 7.56. The van der Waals surface area contributed by atoms with E-state index in [1.807, 2.05) is 26.8 Å². The number of esters is 1. The van der Waals surface area contributed by atoms with E-state index < -0.39 is 17.6 Å². The fraction of sp³-hybridized carbons (Fsp3) is 0.333. The van der Waals surface area contributed by atoms with E-state index in [1.54, 1.807) is 30.0 Å². The van der Waals surface area contributed by atoms with Crippen molar-refractivity contribution in [2.24, 2.45) is 0 Å². The minimum Gasteiger partial charge on any atom is -0.458 e. The van der Waals surface area contributed by atoms with Gasteiger partial charge >= 0.3 is 5.97 Å². The van der Waals surface area contributed by atoms with E-state index in [0.717, 1.165) is 11.0 Å². The number of benzene rings is 1. The van der Waals surface area contributed by atoms with Crippen LogP contribution in [0.25, 0.3) is 17.0 Å². The summed E-state index contributed by atoms with van der Waals surface area (Å²) in [6.07, 6.45) is 3.08. The summed E-state index contributed by atoms with van der Waals surface area (Å²) >= 11 is 6.08. The number of nitrogens with zero attached hydrogens (tertiary/aromatic N) is 4. The van der Waals surface area contributed by atoms with E-state index in [1.165, 1.54) is 6.20 Å². The zero-order valence-electron chi connectivity index (χ0n) is 15.5. The predicted molar refractivity (Wildman–Crippen MR) is 105 cm³/mol. The van der Waals surface area contributed by atoms with Gasteiger partial charge in [-0.15, -0.1) is 0 Å². The van der Waals surface area contributed by atoms with E-state index in [9.17, 15) is 4.79 Å². The standard InChI is InChI=1S/C18H21ClN6O2/c1-10(16(26)27-18(2,3)4)23-15-12(20)8-21-17(24-15)25-9-22-13-6-5-11(19)7-14(13)25/h5-10H,20H2,1-4H3,(H,21,23,24). The van der Waals surface area contributed by atoms with Gasteiger partial charge in [0, 0.05) is 5.02 Å². The third-order valence-electron chi connectivity index (χ3n) is 3.64. The summed E-state index contributed by atoms with van der Waals surface area (Å²) in [5.74, 6) is 0.289. The van der Waals surface area contributed by atoms with Crippen molar-refractivity contribution in [1.29, 1.82) is 0 Å². The first-order chi connectivity index (χ1) is 12.6. The Bertz CT molecular complexity index is 995. The van der Waals surface area contributed by atoms with Crippen molar-refractivity contribution in [1.82, 2.24) is 19.5 Å². The maximum Gasteiger partial charge on any atom is 0.328 e. The van der Waals surface area contributed by atoms with Crippen LogP contribution >= 0.6 is 11.6 Å². The van der Waals surface area contributed by atoms with Crippen LogP contribution in [-0.2, 0) is 9.53 Å². The molecule has 1 aromatic carbocycles. The van der Waals surface area contributed by atoms with Crippen LogP contribution in [0.3, 0.4) is 0 Å². The van der Waals surface area contributed by atoms with Crippen LogP contribution in [0.15, 0.2) is 30.7 Å². The van der Waals surface area contributed by atoms with Gasteiger partial charge in [0.1, 0.15) is 18.0 Å². The molecule has 0 aliphatic heterocycles. The molecule has 1 unspecified atom stereocenters. The molecule has 0 bridgehead atoms. The van der Waals surface area contributed by atoms with Crippen LogP contribution in [0.2, 0.25) is 5.02 Å². The van der Waals surface area contributed by atoms with Gasteiger partial charge in [0.05, 0.1) is 22.9 Å². The van der Waals surface area contributed by atoms with Gasteiger partial charge in [0.15, 0.2) is 5.82 Å². The normalized spacial score (nSPS) is 12.8. The number of ether oxygens (including phenoxy) is 1. The number of imidazole rings is 1. The largest absolute Gasteiger partial charge is 0.458 e. The van der Waals surface area contributed by atoms with Gasteiger partial charge in [-0.1, -0.05) is 11.6 Å². The van der Waals surface area contributed by atoms with Gasteiger partial charge in [-0.2, -0.15) is 4.98 Å². The molecule has 27 heavy (non-hydrogen) atoms. The van der Waals surface area contributed by atoms with Crippen LogP contribution in [0.1, 0.15) is 27.7 Å². The van der Waals surface area contributed by atoms with Gasteiger partial charge in [-0.05, 0) is 45.9 Å². The van der Waals surface area contributed by atoms with Crippen LogP contribution in [0.5, 0.6) is 0 Å². The topological polar surface area (TPSA) is 108 Å². The van der Waals surface area contributed by atoms with Crippen LogP contribution in [-0.4, -0.2) is 37.1 Å². The van der Waals surface area contributed by atoms with Gasteiger partial charge in [-0.25, -0.2) is 14.8 Å². The van der Waals surface area contributed by atoms with Crippen molar-refractivity contribution in [2.75, 3.05) is 11.1 Å². The van der Waals surface area contributed by atoms with Gasteiger partial charge in [0.25, 0.3) is 0 Å². The lowest BCUT2D eigenvalue weighted by Gasteiger charge is -2.23. The number of rotatable bonds is 4. The maximum atomic E-state index is 12.2. The van der Waals surface area contributed by atoms with Crippen molar-refractivity contribution in [3.63, 3.8) is 0 Å². The van der Waals surface area contributed by atoms with Crippen molar-refractivity contribution >= 4 is 40.1 Å². The summed E-state index contributed by atoms with van der Waals surface area (Å²) in [6.45, 7) is 7.11. The van der Waals surface area contributed by atoms with E-state index in [4.69, 9.17) is 22.1 Å². The first-order valence-corrected chi connectivity index (χ1v) is 8.77. The number of carbonyl (C=O) groups excluding carboxylic acids is 1. The highest BCUT2D eigenvalue weighted by Gasteiger charge is 2.23. The Morgan fingerprint density at radius 1 is 1.33 bits per heavy atom. The minimum atomic E-state index is -0.636.